The molecule has 82 valence electrons. The van der Waals surface area contributed by atoms with Gasteiger partial charge in [0.05, 0.1) is 0 Å². The summed E-state index contributed by atoms with van der Waals surface area (Å²) in [6.07, 6.45) is 1.40. The van der Waals surface area contributed by atoms with Crippen molar-refractivity contribution in [3.63, 3.8) is 0 Å². The molecule has 1 aromatic rings. The van der Waals surface area contributed by atoms with Crippen molar-refractivity contribution in [2.24, 2.45) is 0 Å². The fraction of sp³-hybridized carbons (Fsp3) is 0.143. The maximum absolute atomic E-state index is 11.8. The quantitative estimate of drug-likeness (QED) is 0.697. The molecule has 0 radical (unpaired) electrons. The number of hydrogen-bond donors (Lipinski definition) is 0. The van der Waals surface area contributed by atoms with Gasteiger partial charge in [-0.25, -0.2) is 16.8 Å². The molecule has 0 spiro atoms. The van der Waals surface area contributed by atoms with Crippen LogP contribution in [0.25, 0.3) is 0 Å². The standard InChI is InChI=1S/C7H7NO4S3/c1-13-8-14(9,10)6-4-2-3-5-7(6)15(8,11)12/h2-5H,1H3. The molecule has 5 nitrogen and oxygen atoms in total. The largest absolute Gasteiger partial charge is 0.267 e. The molecule has 0 atom stereocenters. The molecule has 0 fully saturated rings. The van der Waals surface area contributed by atoms with Gasteiger partial charge in [-0.1, -0.05) is 12.1 Å². The zero-order chi connectivity index (χ0) is 11.3. The van der Waals surface area contributed by atoms with E-state index in [1.54, 1.807) is 0 Å². The van der Waals surface area contributed by atoms with Crippen LogP contribution >= 0.6 is 11.9 Å². The van der Waals surface area contributed by atoms with Crippen LogP contribution in [0.3, 0.4) is 0 Å². The van der Waals surface area contributed by atoms with Crippen LogP contribution in [0.1, 0.15) is 0 Å². The number of sulfonamides is 2. The molecule has 1 aliphatic rings. The number of benzene rings is 1. The van der Waals surface area contributed by atoms with E-state index in [0.29, 0.717) is 15.1 Å². The van der Waals surface area contributed by atoms with Crippen molar-refractivity contribution in [1.29, 1.82) is 0 Å². The molecule has 0 aliphatic carbocycles. The van der Waals surface area contributed by atoms with Gasteiger partial charge in [-0.05, 0) is 33.5 Å². The van der Waals surface area contributed by atoms with E-state index < -0.39 is 20.0 Å². The zero-order valence-corrected chi connectivity index (χ0v) is 10.1. The summed E-state index contributed by atoms with van der Waals surface area (Å²) in [5.74, 6) is 0. The minimum Gasteiger partial charge on any atom is -0.205 e. The van der Waals surface area contributed by atoms with Crippen LogP contribution < -0.4 is 0 Å². The van der Waals surface area contributed by atoms with E-state index in [4.69, 9.17) is 0 Å². The molecule has 0 bridgehead atoms. The molecule has 2 rings (SSSR count). The van der Waals surface area contributed by atoms with E-state index in [0.717, 1.165) is 0 Å². The highest BCUT2D eigenvalue weighted by Gasteiger charge is 2.46. The van der Waals surface area contributed by atoms with Crippen molar-refractivity contribution in [1.82, 2.24) is 3.12 Å². The van der Waals surface area contributed by atoms with E-state index >= 15 is 0 Å². The molecular weight excluding hydrogens is 258 g/mol. The average molecular weight is 265 g/mol. The van der Waals surface area contributed by atoms with E-state index in [1.807, 2.05) is 0 Å². The first-order valence-electron chi connectivity index (χ1n) is 3.86. The molecule has 0 unspecified atom stereocenters. The molecular formula is C7H7NO4S3. The average Bonchev–Trinajstić information content (AvgIpc) is 2.32. The van der Waals surface area contributed by atoms with Gasteiger partial charge in [-0.15, -0.1) is 0 Å². The zero-order valence-electron chi connectivity index (χ0n) is 7.61. The van der Waals surface area contributed by atoms with Gasteiger partial charge in [-0.2, -0.15) is 0 Å². The number of rotatable bonds is 1. The Morgan fingerprint density at radius 2 is 1.40 bits per heavy atom. The Morgan fingerprint density at radius 1 is 1.00 bits per heavy atom. The molecule has 0 amide bonds. The van der Waals surface area contributed by atoms with Crippen molar-refractivity contribution in [2.75, 3.05) is 6.26 Å². The highest BCUT2D eigenvalue weighted by molar-refractivity contribution is 8.21. The smallest absolute Gasteiger partial charge is 0.205 e. The summed E-state index contributed by atoms with van der Waals surface area (Å²) in [6, 6.07) is 5.57. The highest BCUT2D eigenvalue weighted by atomic mass is 32.3. The van der Waals surface area contributed by atoms with Gasteiger partial charge in [-0.3, -0.25) is 0 Å². The first kappa shape index (κ1) is 10.9. The lowest BCUT2D eigenvalue weighted by atomic mass is 10.4. The lowest BCUT2D eigenvalue weighted by Gasteiger charge is -2.07. The molecule has 8 heteroatoms. The van der Waals surface area contributed by atoms with Gasteiger partial charge in [0.2, 0.25) is 0 Å². The van der Waals surface area contributed by atoms with Crippen molar-refractivity contribution < 1.29 is 16.8 Å². The number of fused-ring (bicyclic) bond motifs is 1. The van der Waals surface area contributed by atoms with Gasteiger partial charge >= 0.3 is 0 Å². The van der Waals surface area contributed by atoms with Gasteiger partial charge in [0.1, 0.15) is 9.79 Å². The molecule has 0 saturated heterocycles. The van der Waals surface area contributed by atoms with Crippen LogP contribution in [0.15, 0.2) is 34.1 Å². The summed E-state index contributed by atoms with van der Waals surface area (Å²) in [6.45, 7) is 0. The third-order valence-corrected chi connectivity index (χ3v) is 8.23. The molecule has 1 heterocycles. The molecule has 0 N–H and O–H groups in total. The highest BCUT2D eigenvalue weighted by Crippen LogP contribution is 2.39. The monoisotopic (exact) mass is 265 g/mol. The lowest BCUT2D eigenvalue weighted by Crippen LogP contribution is -2.22. The molecule has 0 saturated carbocycles. The predicted molar refractivity (Wildman–Crippen MR) is 56.2 cm³/mol. The summed E-state index contributed by atoms with van der Waals surface area (Å²) in [5, 5.41) is 0. The van der Waals surface area contributed by atoms with Crippen molar-refractivity contribution >= 4 is 32.0 Å². The minimum absolute atomic E-state index is 0.153. The second kappa shape index (κ2) is 3.21. The van der Waals surface area contributed by atoms with Crippen LogP contribution in [-0.4, -0.2) is 26.2 Å². The summed E-state index contributed by atoms with van der Waals surface area (Å²) in [5.41, 5.74) is 0. The van der Waals surface area contributed by atoms with Gasteiger partial charge in [0, 0.05) is 0 Å². The van der Waals surface area contributed by atoms with Crippen LogP contribution in [0.5, 0.6) is 0 Å². The Bertz CT molecular complexity index is 552. The predicted octanol–water partition coefficient (Wildman–Crippen LogP) is 0.658. The third kappa shape index (κ3) is 1.32. The van der Waals surface area contributed by atoms with Crippen LogP contribution in [0.2, 0.25) is 0 Å². The lowest BCUT2D eigenvalue weighted by molar-refractivity contribution is 0.566. The van der Waals surface area contributed by atoms with Crippen molar-refractivity contribution in [3.05, 3.63) is 24.3 Å². The minimum atomic E-state index is -3.90. The summed E-state index contributed by atoms with van der Waals surface area (Å²) >= 11 is 0.660. The van der Waals surface area contributed by atoms with Gasteiger partial charge < -0.3 is 0 Å². The summed E-state index contributed by atoms with van der Waals surface area (Å²) < 4.78 is 47.5. The maximum Gasteiger partial charge on any atom is 0.267 e. The Balaban J connectivity index is 2.90. The second-order valence-electron chi connectivity index (χ2n) is 2.80. The van der Waals surface area contributed by atoms with Crippen LogP contribution in [0, 0.1) is 0 Å². The first-order chi connectivity index (χ1) is 6.92. The SMILES string of the molecule is CSN1S(=O)(=O)c2ccccc2S1(=O)=O. The molecule has 0 aromatic heterocycles. The molecule has 1 aromatic carbocycles. The Morgan fingerprint density at radius 3 is 1.73 bits per heavy atom. The van der Waals surface area contributed by atoms with Crippen molar-refractivity contribution in [2.45, 2.75) is 9.79 Å². The van der Waals surface area contributed by atoms with E-state index in [2.05, 4.69) is 0 Å². The van der Waals surface area contributed by atoms with E-state index in [1.165, 1.54) is 30.5 Å². The fourth-order valence-corrected chi connectivity index (χ4v) is 7.03. The van der Waals surface area contributed by atoms with Crippen molar-refractivity contribution in [3.8, 4) is 0 Å². The molecule has 15 heavy (non-hydrogen) atoms. The van der Waals surface area contributed by atoms with E-state index in [9.17, 15) is 16.8 Å². The summed E-state index contributed by atoms with van der Waals surface area (Å²) in [4.78, 5) is -0.307. The first-order valence-corrected chi connectivity index (χ1v) is 7.92. The number of hydrogen-bond acceptors (Lipinski definition) is 5. The van der Waals surface area contributed by atoms with Crippen LogP contribution in [-0.2, 0) is 20.0 Å². The van der Waals surface area contributed by atoms with E-state index in [-0.39, 0.29) is 9.79 Å². The third-order valence-electron chi connectivity index (χ3n) is 1.95. The Hall–Kier alpha value is -0.570. The topological polar surface area (TPSA) is 71.5 Å². The Kier molecular flexibility index (Phi) is 2.34. The van der Waals surface area contributed by atoms with Gasteiger partial charge in [0.25, 0.3) is 20.0 Å². The normalized spacial score (nSPS) is 22.5. The van der Waals surface area contributed by atoms with Gasteiger partial charge in [0.15, 0.2) is 0 Å². The Labute approximate surface area is 92.3 Å². The maximum atomic E-state index is 11.8. The fourth-order valence-electron chi connectivity index (χ4n) is 1.36. The summed E-state index contributed by atoms with van der Waals surface area (Å²) in [7, 11) is -7.79. The second-order valence-corrected chi connectivity index (χ2v) is 7.74. The number of nitrogens with zero attached hydrogens (tertiary/aromatic N) is 1. The molecule has 1 aliphatic heterocycles. The van der Waals surface area contributed by atoms with Crippen LogP contribution in [0.4, 0.5) is 0 Å².